The van der Waals surface area contributed by atoms with Crippen molar-refractivity contribution in [2.75, 3.05) is 6.61 Å². The Labute approximate surface area is 137 Å². The highest BCUT2D eigenvalue weighted by atomic mass is 16.5. The third kappa shape index (κ3) is 3.21. The van der Waals surface area contributed by atoms with E-state index < -0.39 is 0 Å². The number of benzene rings is 2. The summed E-state index contributed by atoms with van der Waals surface area (Å²) in [6.07, 6.45) is 4.05. The van der Waals surface area contributed by atoms with E-state index in [1.165, 1.54) is 16.7 Å². The van der Waals surface area contributed by atoms with Crippen LogP contribution in [-0.4, -0.2) is 12.9 Å². The number of ether oxygens (including phenoxy) is 1. The number of hydrogen-bond acceptors (Lipinski definition) is 2. The minimum Gasteiger partial charge on any atom is -0.493 e. The SMILES string of the molecule is CC(=Cc1ccc(C=O)cc1)c1ccc2c(c1)C(C)(C)CCO2. The fourth-order valence-corrected chi connectivity index (χ4v) is 2.98. The van der Waals surface area contributed by atoms with E-state index in [4.69, 9.17) is 4.74 Å². The van der Waals surface area contributed by atoms with Crippen LogP contribution in [0.4, 0.5) is 0 Å². The van der Waals surface area contributed by atoms with Crippen LogP contribution in [-0.2, 0) is 5.41 Å². The molecule has 3 rings (SSSR count). The molecule has 0 radical (unpaired) electrons. The molecule has 0 N–H and O–H groups in total. The van der Waals surface area contributed by atoms with Gasteiger partial charge in [-0.05, 0) is 47.6 Å². The Morgan fingerprint density at radius 3 is 2.48 bits per heavy atom. The Morgan fingerprint density at radius 2 is 1.78 bits per heavy atom. The highest BCUT2D eigenvalue weighted by Gasteiger charge is 2.28. The molecule has 0 saturated heterocycles. The number of rotatable bonds is 3. The van der Waals surface area contributed by atoms with Crippen LogP contribution in [0, 0.1) is 0 Å². The molecule has 0 unspecified atom stereocenters. The summed E-state index contributed by atoms with van der Waals surface area (Å²) in [5.41, 5.74) is 5.64. The van der Waals surface area contributed by atoms with Gasteiger partial charge in [-0.15, -0.1) is 0 Å². The summed E-state index contributed by atoms with van der Waals surface area (Å²) in [5, 5.41) is 0. The van der Waals surface area contributed by atoms with Gasteiger partial charge in [-0.1, -0.05) is 50.3 Å². The normalized spacial score (nSPS) is 16.4. The summed E-state index contributed by atoms with van der Waals surface area (Å²) in [4.78, 5) is 10.7. The smallest absolute Gasteiger partial charge is 0.150 e. The van der Waals surface area contributed by atoms with E-state index in [0.29, 0.717) is 5.56 Å². The monoisotopic (exact) mass is 306 g/mol. The van der Waals surface area contributed by atoms with Gasteiger partial charge in [-0.25, -0.2) is 0 Å². The molecule has 0 fully saturated rings. The number of fused-ring (bicyclic) bond motifs is 1. The quantitative estimate of drug-likeness (QED) is 0.581. The zero-order chi connectivity index (χ0) is 16.4. The largest absolute Gasteiger partial charge is 0.493 e. The standard InChI is InChI=1S/C21H22O2/c1-15(12-16-4-6-17(14-22)7-5-16)18-8-9-20-19(13-18)21(2,3)10-11-23-20/h4-9,12-14H,10-11H2,1-3H3. The second kappa shape index (κ2) is 6.04. The van der Waals surface area contributed by atoms with Crippen molar-refractivity contribution < 1.29 is 9.53 Å². The van der Waals surface area contributed by atoms with Gasteiger partial charge in [0.15, 0.2) is 0 Å². The lowest BCUT2D eigenvalue weighted by atomic mass is 9.79. The molecule has 2 nitrogen and oxygen atoms in total. The van der Waals surface area contributed by atoms with Gasteiger partial charge in [0.1, 0.15) is 12.0 Å². The van der Waals surface area contributed by atoms with Gasteiger partial charge in [-0.2, -0.15) is 0 Å². The Morgan fingerprint density at radius 1 is 1.09 bits per heavy atom. The van der Waals surface area contributed by atoms with E-state index in [2.05, 4.69) is 45.0 Å². The van der Waals surface area contributed by atoms with E-state index in [1.54, 1.807) is 0 Å². The van der Waals surface area contributed by atoms with Crippen LogP contribution < -0.4 is 4.74 Å². The van der Waals surface area contributed by atoms with Gasteiger partial charge in [0.05, 0.1) is 6.61 Å². The Hall–Kier alpha value is -2.35. The van der Waals surface area contributed by atoms with Crippen LogP contribution in [0.5, 0.6) is 5.75 Å². The number of allylic oxidation sites excluding steroid dienone is 1. The third-order valence-corrected chi connectivity index (χ3v) is 4.60. The van der Waals surface area contributed by atoms with Gasteiger partial charge < -0.3 is 4.74 Å². The third-order valence-electron chi connectivity index (χ3n) is 4.60. The minimum absolute atomic E-state index is 0.148. The number of aldehydes is 1. The molecule has 1 aliphatic rings. The molecule has 0 bridgehead atoms. The van der Waals surface area contributed by atoms with Crippen molar-refractivity contribution in [2.24, 2.45) is 0 Å². The molecule has 2 aromatic carbocycles. The first-order valence-corrected chi connectivity index (χ1v) is 8.01. The zero-order valence-corrected chi connectivity index (χ0v) is 13.9. The summed E-state index contributed by atoms with van der Waals surface area (Å²) in [5.74, 6) is 1.01. The van der Waals surface area contributed by atoms with Crippen molar-refractivity contribution >= 4 is 17.9 Å². The van der Waals surface area contributed by atoms with Crippen LogP contribution in [0.25, 0.3) is 11.6 Å². The van der Waals surface area contributed by atoms with E-state index in [-0.39, 0.29) is 5.41 Å². The second-order valence-corrected chi connectivity index (χ2v) is 6.81. The Balaban J connectivity index is 1.94. The van der Waals surface area contributed by atoms with Gasteiger partial charge in [0.2, 0.25) is 0 Å². The van der Waals surface area contributed by atoms with Crippen molar-refractivity contribution in [3.05, 3.63) is 64.7 Å². The molecule has 1 aliphatic heterocycles. The van der Waals surface area contributed by atoms with Gasteiger partial charge in [0.25, 0.3) is 0 Å². The minimum atomic E-state index is 0.148. The molecule has 0 atom stereocenters. The van der Waals surface area contributed by atoms with Crippen molar-refractivity contribution in [3.63, 3.8) is 0 Å². The summed E-state index contributed by atoms with van der Waals surface area (Å²) in [7, 11) is 0. The van der Waals surface area contributed by atoms with Gasteiger partial charge >= 0.3 is 0 Å². The lowest BCUT2D eigenvalue weighted by Gasteiger charge is -2.32. The molecule has 118 valence electrons. The second-order valence-electron chi connectivity index (χ2n) is 6.81. The van der Waals surface area contributed by atoms with Gasteiger partial charge in [-0.3, -0.25) is 4.79 Å². The van der Waals surface area contributed by atoms with Crippen LogP contribution in [0.2, 0.25) is 0 Å². The summed E-state index contributed by atoms with van der Waals surface area (Å²) in [6.45, 7) is 7.45. The maximum absolute atomic E-state index is 10.7. The van der Waals surface area contributed by atoms with E-state index in [9.17, 15) is 4.79 Å². The van der Waals surface area contributed by atoms with E-state index >= 15 is 0 Å². The average molecular weight is 306 g/mol. The zero-order valence-electron chi connectivity index (χ0n) is 13.9. The number of carbonyl (C=O) groups is 1. The summed E-state index contributed by atoms with van der Waals surface area (Å²) >= 11 is 0. The maximum Gasteiger partial charge on any atom is 0.150 e. The average Bonchev–Trinajstić information content (AvgIpc) is 2.55. The van der Waals surface area contributed by atoms with Crippen molar-refractivity contribution in [2.45, 2.75) is 32.6 Å². The molecule has 2 heteroatoms. The first kappa shape index (κ1) is 15.5. The number of carbonyl (C=O) groups excluding carboxylic acids is 1. The highest BCUT2D eigenvalue weighted by Crippen LogP contribution is 2.39. The summed E-state index contributed by atoms with van der Waals surface area (Å²) in [6, 6.07) is 14.1. The molecular weight excluding hydrogens is 284 g/mol. The Bertz CT molecular complexity index is 752. The molecule has 23 heavy (non-hydrogen) atoms. The van der Waals surface area contributed by atoms with Crippen LogP contribution in [0.1, 0.15) is 54.2 Å². The molecule has 0 amide bonds. The summed E-state index contributed by atoms with van der Waals surface area (Å²) < 4.78 is 5.79. The molecule has 0 saturated carbocycles. The number of hydrogen-bond donors (Lipinski definition) is 0. The predicted octanol–water partition coefficient (Wildman–Crippen LogP) is 5.12. The fraction of sp³-hybridized carbons (Fsp3) is 0.286. The van der Waals surface area contributed by atoms with Crippen molar-refractivity contribution in [1.29, 1.82) is 0 Å². The lowest BCUT2D eigenvalue weighted by molar-refractivity contribution is 0.112. The molecule has 0 spiro atoms. The molecule has 1 heterocycles. The lowest BCUT2D eigenvalue weighted by Crippen LogP contribution is -2.26. The van der Waals surface area contributed by atoms with Crippen molar-refractivity contribution in [3.8, 4) is 5.75 Å². The van der Waals surface area contributed by atoms with Crippen LogP contribution in [0.3, 0.4) is 0 Å². The topological polar surface area (TPSA) is 26.3 Å². The molecule has 0 aliphatic carbocycles. The predicted molar refractivity (Wildman–Crippen MR) is 95.0 cm³/mol. The van der Waals surface area contributed by atoms with Crippen molar-refractivity contribution in [1.82, 2.24) is 0 Å². The van der Waals surface area contributed by atoms with E-state index in [1.807, 2.05) is 24.3 Å². The molecule has 2 aromatic rings. The van der Waals surface area contributed by atoms with Gasteiger partial charge in [0, 0.05) is 11.1 Å². The van der Waals surface area contributed by atoms with E-state index in [0.717, 1.165) is 30.6 Å². The van der Waals surface area contributed by atoms with Crippen LogP contribution >= 0.6 is 0 Å². The Kier molecular flexibility index (Phi) is 4.08. The highest BCUT2D eigenvalue weighted by molar-refractivity contribution is 5.82. The first-order chi connectivity index (χ1) is 11.0. The first-order valence-electron chi connectivity index (χ1n) is 8.01. The maximum atomic E-state index is 10.7. The molecule has 0 aromatic heterocycles. The van der Waals surface area contributed by atoms with Crippen LogP contribution in [0.15, 0.2) is 42.5 Å². The fourth-order valence-electron chi connectivity index (χ4n) is 2.98. The molecular formula is C21H22O2.